The number of carbonyl (C=O) groups is 4. The van der Waals surface area contributed by atoms with E-state index in [1.807, 2.05) is 0 Å². The van der Waals surface area contributed by atoms with Crippen LogP contribution in [0.2, 0.25) is 0 Å². The second kappa shape index (κ2) is 9.66. The van der Waals surface area contributed by atoms with Gasteiger partial charge in [-0.25, -0.2) is 19.3 Å². The number of carboxylic acid groups (broad SMARTS) is 1. The van der Waals surface area contributed by atoms with Crippen molar-refractivity contribution in [2.45, 2.75) is 25.3 Å². The Bertz CT molecular complexity index is 1250. The Morgan fingerprint density at radius 3 is 2.64 bits per heavy atom. The summed E-state index contributed by atoms with van der Waals surface area (Å²) in [6.07, 6.45) is 0.0262. The van der Waals surface area contributed by atoms with Gasteiger partial charge in [0.25, 0.3) is 0 Å². The van der Waals surface area contributed by atoms with Gasteiger partial charge in [0.1, 0.15) is 11.8 Å². The third-order valence-corrected chi connectivity index (χ3v) is 6.07. The van der Waals surface area contributed by atoms with E-state index in [4.69, 9.17) is 4.65 Å². The lowest BCUT2D eigenvalue weighted by Gasteiger charge is -2.30. The minimum absolute atomic E-state index is 0.00722. The Kier molecular flexibility index (Phi) is 6.62. The van der Waals surface area contributed by atoms with Crippen molar-refractivity contribution >= 4 is 31.1 Å². The lowest BCUT2D eigenvalue weighted by Crippen LogP contribution is -2.56. The SMILES string of the molecule is Cc1c(C(NC(=O)N2CCNC2=O)C(=O)N[C@H]2Cc3cccc(C(=O)O)c3OB2O)ccc(O)c1O. The molecule has 2 atom stereocenters. The fraction of sp³-hybridized carbons (Fsp3) is 0.273. The molecule has 188 valence electrons. The van der Waals surface area contributed by atoms with Gasteiger partial charge in [0.05, 0.1) is 11.5 Å². The molecule has 1 unspecified atom stereocenters. The zero-order chi connectivity index (χ0) is 26.1. The number of imide groups is 1. The Hall–Kier alpha value is -4.46. The molecule has 36 heavy (non-hydrogen) atoms. The maximum absolute atomic E-state index is 13.4. The highest BCUT2D eigenvalue weighted by Gasteiger charge is 2.40. The van der Waals surface area contributed by atoms with Gasteiger partial charge in [-0.05, 0) is 36.6 Å². The molecule has 0 aliphatic carbocycles. The van der Waals surface area contributed by atoms with Crippen LogP contribution < -0.4 is 20.6 Å². The quantitative estimate of drug-likeness (QED) is 0.219. The van der Waals surface area contributed by atoms with Gasteiger partial charge in [0.15, 0.2) is 11.5 Å². The van der Waals surface area contributed by atoms with Crippen LogP contribution >= 0.6 is 0 Å². The van der Waals surface area contributed by atoms with Crippen molar-refractivity contribution in [1.82, 2.24) is 20.9 Å². The molecule has 7 N–H and O–H groups in total. The van der Waals surface area contributed by atoms with E-state index in [-0.39, 0.29) is 42.0 Å². The van der Waals surface area contributed by atoms with Crippen molar-refractivity contribution in [2.24, 2.45) is 0 Å². The number of fused-ring (bicyclic) bond motifs is 1. The summed E-state index contributed by atoms with van der Waals surface area (Å²) < 4.78 is 5.40. The smallest absolute Gasteiger partial charge is 0.534 e. The van der Waals surface area contributed by atoms with Gasteiger partial charge in [-0.3, -0.25) is 4.79 Å². The second-order valence-electron chi connectivity index (χ2n) is 8.34. The molecule has 13 nitrogen and oxygen atoms in total. The lowest BCUT2D eigenvalue weighted by atomic mass is 9.72. The molecule has 5 amide bonds. The Labute approximate surface area is 204 Å². The van der Waals surface area contributed by atoms with Crippen molar-refractivity contribution in [2.75, 3.05) is 13.1 Å². The van der Waals surface area contributed by atoms with E-state index in [0.717, 1.165) is 11.0 Å². The number of carboxylic acids is 1. The molecule has 2 aromatic rings. The van der Waals surface area contributed by atoms with E-state index in [2.05, 4.69) is 16.0 Å². The highest BCUT2D eigenvalue weighted by molar-refractivity contribution is 6.47. The molecule has 2 heterocycles. The molecule has 0 aromatic heterocycles. The van der Waals surface area contributed by atoms with Crippen LogP contribution in [0.25, 0.3) is 0 Å². The highest BCUT2D eigenvalue weighted by atomic mass is 16.5. The highest BCUT2D eigenvalue weighted by Crippen LogP contribution is 2.34. The topological polar surface area (TPSA) is 198 Å². The van der Waals surface area contributed by atoms with Crippen LogP contribution in [0.15, 0.2) is 30.3 Å². The number of rotatable bonds is 5. The summed E-state index contributed by atoms with van der Waals surface area (Å²) in [6, 6.07) is 3.97. The Morgan fingerprint density at radius 2 is 1.97 bits per heavy atom. The third-order valence-electron chi connectivity index (χ3n) is 6.07. The molecule has 0 spiro atoms. The molecular weight excluding hydrogens is 475 g/mol. The number of para-hydroxylation sites is 1. The monoisotopic (exact) mass is 498 g/mol. The minimum atomic E-state index is -1.60. The summed E-state index contributed by atoms with van der Waals surface area (Å²) in [5, 5.41) is 47.3. The first kappa shape index (κ1) is 24.7. The van der Waals surface area contributed by atoms with Gasteiger partial charge < -0.3 is 40.9 Å². The third kappa shape index (κ3) is 4.57. The zero-order valence-electron chi connectivity index (χ0n) is 19.0. The number of carbonyl (C=O) groups excluding carboxylic acids is 3. The van der Waals surface area contributed by atoms with Gasteiger partial charge in [-0.2, -0.15) is 0 Å². The van der Waals surface area contributed by atoms with Gasteiger partial charge in [-0.1, -0.05) is 18.2 Å². The van der Waals surface area contributed by atoms with Crippen molar-refractivity contribution in [3.8, 4) is 17.2 Å². The summed E-state index contributed by atoms with van der Waals surface area (Å²) >= 11 is 0. The number of phenolic OH excluding ortho intramolecular Hbond substituents is 2. The fourth-order valence-electron chi connectivity index (χ4n) is 4.15. The molecule has 2 aliphatic heterocycles. The minimum Gasteiger partial charge on any atom is -0.534 e. The molecule has 2 aromatic carbocycles. The number of aromatic carboxylic acids is 1. The van der Waals surface area contributed by atoms with E-state index >= 15 is 0 Å². The number of hydrogen-bond acceptors (Lipinski definition) is 8. The molecule has 14 heteroatoms. The average Bonchev–Trinajstić information content (AvgIpc) is 3.27. The summed E-state index contributed by atoms with van der Waals surface area (Å²) in [5.74, 6) is -3.99. The molecule has 1 saturated heterocycles. The maximum atomic E-state index is 13.4. The summed E-state index contributed by atoms with van der Waals surface area (Å²) in [6.45, 7) is 1.75. The zero-order valence-corrected chi connectivity index (χ0v) is 19.0. The number of aromatic hydroxyl groups is 2. The number of phenols is 2. The van der Waals surface area contributed by atoms with Crippen LogP contribution in [0.1, 0.15) is 33.1 Å². The molecule has 1 fully saturated rings. The summed E-state index contributed by atoms with van der Waals surface area (Å²) in [5.41, 5.74) is 0.549. The van der Waals surface area contributed by atoms with E-state index in [1.165, 1.54) is 25.1 Å². The second-order valence-corrected chi connectivity index (χ2v) is 8.34. The van der Waals surface area contributed by atoms with Crippen LogP contribution in [0, 0.1) is 6.92 Å². The average molecular weight is 498 g/mol. The van der Waals surface area contributed by atoms with Crippen molar-refractivity contribution in [3.05, 3.63) is 52.6 Å². The van der Waals surface area contributed by atoms with E-state index in [0.29, 0.717) is 5.56 Å². The number of urea groups is 2. The fourth-order valence-corrected chi connectivity index (χ4v) is 4.15. The van der Waals surface area contributed by atoms with E-state index in [1.54, 1.807) is 6.07 Å². The van der Waals surface area contributed by atoms with Gasteiger partial charge >= 0.3 is 25.1 Å². The number of nitrogens with zero attached hydrogens (tertiary/aromatic N) is 1. The van der Waals surface area contributed by atoms with Gasteiger partial charge in [0.2, 0.25) is 5.91 Å². The van der Waals surface area contributed by atoms with Crippen LogP contribution in [0.3, 0.4) is 0 Å². The van der Waals surface area contributed by atoms with Crippen molar-refractivity contribution < 1.29 is 44.2 Å². The summed E-state index contributed by atoms with van der Waals surface area (Å²) in [7, 11) is -1.60. The lowest BCUT2D eigenvalue weighted by molar-refractivity contribution is -0.123. The molecule has 0 radical (unpaired) electrons. The standard InChI is InChI=1S/C22H23BN4O9/c1-10-12(5-6-14(28)17(10)29)16(26-22(34)27-8-7-24-21(27)33)19(30)25-15-9-11-3-2-4-13(20(31)32)18(11)36-23(15)35/h2-6,15-16,28-29,35H,7-9H2,1H3,(H,24,33)(H,25,30)(H,26,34)(H,31,32)/t15-,16?/m0/s1. The predicted octanol–water partition coefficient (Wildman–Crippen LogP) is 0.0199. The normalized spacial score (nSPS) is 17.5. The number of nitrogens with one attached hydrogen (secondary N) is 3. The molecule has 0 saturated carbocycles. The largest absolute Gasteiger partial charge is 0.547 e. The number of benzene rings is 2. The van der Waals surface area contributed by atoms with Crippen LogP contribution in [-0.2, 0) is 11.2 Å². The van der Waals surface area contributed by atoms with Crippen LogP contribution in [0.5, 0.6) is 17.2 Å². The van der Waals surface area contributed by atoms with E-state index in [9.17, 15) is 39.5 Å². The van der Waals surface area contributed by atoms with Gasteiger partial charge in [-0.15, -0.1) is 0 Å². The number of hydrogen-bond donors (Lipinski definition) is 7. The Morgan fingerprint density at radius 1 is 1.22 bits per heavy atom. The maximum Gasteiger partial charge on any atom is 0.547 e. The van der Waals surface area contributed by atoms with Crippen LogP contribution in [0.4, 0.5) is 9.59 Å². The molecule has 2 aliphatic rings. The first-order valence-corrected chi connectivity index (χ1v) is 11.0. The van der Waals surface area contributed by atoms with Gasteiger partial charge in [0, 0.05) is 18.7 Å². The number of amides is 5. The molecule has 4 rings (SSSR count). The predicted molar refractivity (Wildman–Crippen MR) is 124 cm³/mol. The van der Waals surface area contributed by atoms with Crippen molar-refractivity contribution in [3.63, 3.8) is 0 Å². The summed E-state index contributed by atoms with van der Waals surface area (Å²) in [4.78, 5) is 50.4. The first-order chi connectivity index (χ1) is 17.1. The van der Waals surface area contributed by atoms with E-state index < -0.39 is 54.5 Å². The molecule has 0 bridgehead atoms. The Balaban J connectivity index is 1.61. The first-order valence-electron chi connectivity index (χ1n) is 11.0. The van der Waals surface area contributed by atoms with Crippen molar-refractivity contribution in [1.29, 1.82) is 0 Å². The molecular formula is C22H23BN4O9. The van der Waals surface area contributed by atoms with Crippen LogP contribution in [-0.4, -0.2) is 75.3 Å².